The number of nitrogens with one attached hydrogen (secondary N) is 1. The van der Waals surface area contributed by atoms with E-state index in [1.54, 1.807) is 13.0 Å². The van der Waals surface area contributed by atoms with Gasteiger partial charge in [-0.3, -0.25) is 4.79 Å². The van der Waals surface area contributed by atoms with Crippen LogP contribution in [0.15, 0.2) is 18.2 Å². The van der Waals surface area contributed by atoms with Gasteiger partial charge in [-0.05, 0) is 30.7 Å². The number of rotatable bonds is 3. The first-order valence-electron chi connectivity index (χ1n) is 7.30. The van der Waals surface area contributed by atoms with Crippen LogP contribution in [0.2, 0.25) is 10.0 Å². The fourth-order valence-corrected chi connectivity index (χ4v) is 3.21. The van der Waals surface area contributed by atoms with Crippen LogP contribution in [-0.4, -0.2) is 41.3 Å². The maximum Gasteiger partial charge on any atom is 0.394 e. The highest BCUT2D eigenvalue weighted by Crippen LogP contribution is 2.38. The summed E-state index contributed by atoms with van der Waals surface area (Å²) in [5.41, 5.74) is 0.504. The van der Waals surface area contributed by atoms with Gasteiger partial charge < -0.3 is 15.3 Å². The van der Waals surface area contributed by atoms with Gasteiger partial charge in [0.25, 0.3) is 0 Å². The number of halogens is 5. The summed E-state index contributed by atoms with van der Waals surface area (Å²) >= 11 is 11.9. The van der Waals surface area contributed by atoms with E-state index in [4.69, 9.17) is 28.3 Å². The normalized spacial score (nSPS) is 21.9. The number of likely N-dealkylation sites (tertiary alicyclic amines) is 1. The van der Waals surface area contributed by atoms with Gasteiger partial charge in [0.2, 0.25) is 0 Å². The van der Waals surface area contributed by atoms with Crippen LogP contribution in [0.4, 0.5) is 18.0 Å². The summed E-state index contributed by atoms with van der Waals surface area (Å²) in [6, 6.07) is 3.23. The number of nitrogens with zero attached hydrogens (tertiary/aromatic N) is 1. The number of amides is 2. The Hall–Kier alpha value is -1.67. The van der Waals surface area contributed by atoms with E-state index in [0.717, 1.165) is 4.90 Å². The van der Waals surface area contributed by atoms with E-state index in [1.807, 2.05) is 0 Å². The van der Waals surface area contributed by atoms with Gasteiger partial charge in [0.15, 0.2) is 0 Å². The summed E-state index contributed by atoms with van der Waals surface area (Å²) in [6.45, 7) is 0.380. The molecular weight excluding hydrogens is 384 g/mol. The van der Waals surface area contributed by atoms with E-state index in [1.165, 1.54) is 12.1 Å². The zero-order chi connectivity index (χ0) is 18.9. The molecule has 2 rings (SSSR count). The molecule has 3 atom stereocenters. The van der Waals surface area contributed by atoms with Crippen LogP contribution in [0.3, 0.4) is 0 Å². The molecule has 1 aliphatic rings. The highest BCUT2D eigenvalue weighted by molar-refractivity contribution is 6.33. The Balaban J connectivity index is 2.10. The first-order valence-corrected chi connectivity index (χ1v) is 8.06. The Morgan fingerprint density at radius 3 is 2.48 bits per heavy atom. The van der Waals surface area contributed by atoms with Crippen molar-refractivity contribution in [3.63, 3.8) is 0 Å². The van der Waals surface area contributed by atoms with Gasteiger partial charge >= 0.3 is 18.2 Å². The Labute approximate surface area is 151 Å². The van der Waals surface area contributed by atoms with E-state index in [0.29, 0.717) is 15.6 Å². The maximum atomic E-state index is 13.0. The number of carboxylic acids is 1. The van der Waals surface area contributed by atoms with Gasteiger partial charge in [-0.1, -0.05) is 23.2 Å². The minimum Gasteiger partial charge on any atom is -0.481 e. The first kappa shape index (κ1) is 19.7. The number of carbonyl (C=O) groups excluding carboxylic acids is 1. The molecule has 1 aliphatic heterocycles. The number of aliphatic carboxylic acids is 1. The van der Waals surface area contributed by atoms with Gasteiger partial charge in [0, 0.05) is 23.1 Å². The van der Waals surface area contributed by atoms with E-state index in [2.05, 4.69) is 5.32 Å². The average molecular weight is 399 g/mol. The third-order valence-electron chi connectivity index (χ3n) is 4.11. The SMILES string of the molecule is CC(NC(=O)N1C[C@@H](C(F)(F)F)[C@H](C(=O)O)C1)c1cc(Cl)ccc1Cl. The molecule has 0 spiro atoms. The molecule has 0 radical (unpaired) electrons. The molecule has 0 aliphatic carbocycles. The molecule has 5 nitrogen and oxygen atoms in total. The monoisotopic (exact) mass is 398 g/mol. The molecule has 1 saturated heterocycles. The zero-order valence-corrected chi connectivity index (χ0v) is 14.5. The van der Waals surface area contributed by atoms with Crippen LogP contribution in [0.1, 0.15) is 18.5 Å². The molecule has 0 bridgehead atoms. The molecule has 138 valence electrons. The second-order valence-corrected chi connectivity index (χ2v) is 6.68. The summed E-state index contributed by atoms with van der Waals surface area (Å²) in [5, 5.41) is 12.2. The van der Waals surface area contributed by atoms with Crippen LogP contribution < -0.4 is 5.32 Å². The number of benzene rings is 1. The van der Waals surface area contributed by atoms with Crippen molar-refractivity contribution in [1.29, 1.82) is 0 Å². The van der Waals surface area contributed by atoms with Crippen molar-refractivity contribution >= 4 is 35.2 Å². The van der Waals surface area contributed by atoms with Crippen LogP contribution in [0.25, 0.3) is 0 Å². The predicted octanol–water partition coefficient (Wildman–Crippen LogP) is 3.96. The Kier molecular flexibility index (Phi) is 5.73. The molecule has 0 aromatic heterocycles. The van der Waals surface area contributed by atoms with E-state index in [-0.39, 0.29) is 0 Å². The van der Waals surface area contributed by atoms with Crippen molar-refractivity contribution in [1.82, 2.24) is 10.2 Å². The minimum absolute atomic E-state index is 0.343. The highest BCUT2D eigenvalue weighted by Gasteiger charge is 2.53. The summed E-state index contributed by atoms with van der Waals surface area (Å²) < 4.78 is 38.9. The lowest BCUT2D eigenvalue weighted by Gasteiger charge is -2.22. The van der Waals surface area contributed by atoms with Gasteiger partial charge in [0.05, 0.1) is 17.9 Å². The molecule has 0 saturated carbocycles. The van der Waals surface area contributed by atoms with Gasteiger partial charge in [0.1, 0.15) is 0 Å². The number of urea groups is 1. The number of carboxylic acid groups (broad SMARTS) is 1. The summed E-state index contributed by atoms with van der Waals surface area (Å²) in [6.07, 6.45) is -4.69. The first-order chi connectivity index (χ1) is 11.5. The molecule has 2 amide bonds. The molecule has 1 heterocycles. The summed E-state index contributed by atoms with van der Waals surface area (Å²) in [7, 11) is 0. The number of alkyl halides is 3. The van der Waals surface area contributed by atoms with Crippen molar-refractivity contribution in [2.45, 2.75) is 19.1 Å². The Morgan fingerprint density at radius 1 is 1.32 bits per heavy atom. The third kappa shape index (κ3) is 4.49. The molecule has 10 heteroatoms. The topological polar surface area (TPSA) is 69.6 Å². The van der Waals surface area contributed by atoms with Gasteiger partial charge in [-0.2, -0.15) is 13.2 Å². The third-order valence-corrected chi connectivity index (χ3v) is 4.69. The van der Waals surface area contributed by atoms with Gasteiger partial charge in [-0.25, -0.2) is 4.79 Å². The average Bonchev–Trinajstić information content (AvgIpc) is 2.95. The maximum absolute atomic E-state index is 13.0. The fraction of sp³-hybridized carbons (Fsp3) is 0.467. The quantitative estimate of drug-likeness (QED) is 0.809. The molecular formula is C15H15Cl2F3N2O3. The highest BCUT2D eigenvalue weighted by atomic mass is 35.5. The van der Waals surface area contributed by atoms with E-state index < -0.39 is 49.1 Å². The Bertz CT molecular complexity index is 684. The Morgan fingerprint density at radius 2 is 1.96 bits per heavy atom. The van der Waals surface area contributed by atoms with Crippen LogP contribution in [0, 0.1) is 11.8 Å². The van der Waals surface area contributed by atoms with Crippen molar-refractivity contribution in [2.75, 3.05) is 13.1 Å². The second kappa shape index (κ2) is 7.29. The number of carbonyl (C=O) groups is 2. The zero-order valence-electron chi connectivity index (χ0n) is 13.0. The lowest BCUT2D eigenvalue weighted by atomic mass is 9.96. The van der Waals surface area contributed by atoms with Crippen LogP contribution in [-0.2, 0) is 4.79 Å². The molecule has 25 heavy (non-hydrogen) atoms. The molecule has 1 aromatic carbocycles. The van der Waals surface area contributed by atoms with Crippen LogP contribution in [0.5, 0.6) is 0 Å². The largest absolute Gasteiger partial charge is 0.481 e. The number of hydrogen-bond acceptors (Lipinski definition) is 2. The van der Waals surface area contributed by atoms with Gasteiger partial charge in [-0.15, -0.1) is 0 Å². The lowest BCUT2D eigenvalue weighted by Crippen LogP contribution is -2.40. The predicted molar refractivity (Wildman–Crippen MR) is 85.7 cm³/mol. The van der Waals surface area contributed by atoms with Crippen molar-refractivity contribution in [3.8, 4) is 0 Å². The molecule has 2 N–H and O–H groups in total. The van der Waals surface area contributed by atoms with E-state index >= 15 is 0 Å². The second-order valence-electron chi connectivity index (χ2n) is 5.83. The van der Waals surface area contributed by atoms with Crippen molar-refractivity contribution < 1.29 is 27.9 Å². The summed E-state index contributed by atoms with van der Waals surface area (Å²) in [4.78, 5) is 24.2. The summed E-state index contributed by atoms with van der Waals surface area (Å²) in [5.74, 6) is -5.36. The van der Waals surface area contributed by atoms with Crippen molar-refractivity contribution in [3.05, 3.63) is 33.8 Å². The smallest absolute Gasteiger partial charge is 0.394 e. The lowest BCUT2D eigenvalue weighted by molar-refractivity contribution is -0.187. The fourth-order valence-electron chi connectivity index (χ4n) is 2.75. The minimum atomic E-state index is -4.69. The molecule has 1 unspecified atom stereocenters. The molecule has 1 fully saturated rings. The number of hydrogen-bond donors (Lipinski definition) is 2. The van der Waals surface area contributed by atoms with Crippen molar-refractivity contribution in [2.24, 2.45) is 11.8 Å². The van der Waals surface area contributed by atoms with E-state index in [9.17, 15) is 22.8 Å². The van der Waals surface area contributed by atoms with Crippen LogP contribution >= 0.6 is 23.2 Å². The molecule has 1 aromatic rings. The standard InChI is InChI=1S/C15H15Cl2F3N2O3/c1-7(9-4-8(16)2-3-12(9)17)21-14(25)22-5-10(13(23)24)11(6-22)15(18,19)20/h2-4,7,10-11H,5-6H2,1H3,(H,21,25)(H,23,24)/t7?,10-,11-/m1/s1.